The van der Waals surface area contributed by atoms with E-state index in [1.54, 1.807) is 25.1 Å². The highest BCUT2D eigenvalue weighted by atomic mass is 35.5. The van der Waals surface area contributed by atoms with Gasteiger partial charge in [0, 0.05) is 9.90 Å². The summed E-state index contributed by atoms with van der Waals surface area (Å²) in [5.41, 5.74) is 2.01. The van der Waals surface area contributed by atoms with Gasteiger partial charge < -0.3 is 10.1 Å². The first kappa shape index (κ1) is 27.2. The molecule has 2 aromatic carbocycles. The fourth-order valence-corrected chi connectivity index (χ4v) is 6.95. The van der Waals surface area contributed by atoms with Gasteiger partial charge in [-0.1, -0.05) is 29.4 Å². The Kier molecular flexibility index (Phi) is 7.92. The molecule has 1 amide bonds. The standard InChI is InChI=1S/C27H25ClN4O5S2/c1-3-37-16-11-12-19(21(13-16)32(35)36)29-23(33)14-38-27-30-25-24(17-7-4-5-10-22(17)39-25)26(34)31(27)20-9-6-8-18(28)15(20)2/h6,8-9,11-13H,3-5,7,10,14H2,1-2H3,(H,29,33). The quantitative estimate of drug-likeness (QED) is 0.111. The second kappa shape index (κ2) is 11.4. The van der Waals surface area contributed by atoms with E-state index in [0.29, 0.717) is 38.4 Å². The third-order valence-corrected chi connectivity index (χ3v) is 9.06. The highest BCUT2D eigenvalue weighted by molar-refractivity contribution is 7.99. The van der Waals surface area contributed by atoms with Gasteiger partial charge in [-0.25, -0.2) is 4.98 Å². The van der Waals surface area contributed by atoms with Crippen LogP contribution in [0.1, 0.15) is 35.8 Å². The highest BCUT2D eigenvalue weighted by Crippen LogP contribution is 2.36. The van der Waals surface area contributed by atoms with Gasteiger partial charge in [-0.3, -0.25) is 24.3 Å². The third kappa shape index (κ3) is 5.39. The number of halogens is 1. The van der Waals surface area contributed by atoms with E-state index in [9.17, 15) is 19.7 Å². The fourth-order valence-electron chi connectivity index (χ4n) is 4.67. The van der Waals surface area contributed by atoms with Crippen LogP contribution >= 0.6 is 34.7 Å². The Morgan fingerprint density at radius 3 is 2.85 bits per heavy atom. The van der Waals surface area contributed by atoms with Crippen LogP contribution in [-0.2, 0) is 17.6 Å². The molecule has 0 saturated heterocycles. The molecule has 39 heavy (non-hydrogen) atoms. The fraction of sp³-hybridized carbons (Fsp3) is 0.296. The SMILES string of the molecule is CCOc1ccc(NC(=O)CSc2nc3sc4c(c3c(=O)n2-c2cccc(Cl)c2C)CCCC4)c([N+](=O)[O-])c1. The number of nitrogens with one attached hydrogen (secondary N) is 1. The second-order valence-corrected chi connectivity index (χ2v) is 11.4. The molecular weight excluding hydrogens is 560 g/mol. The first-order chi connectivity index (χ1) is 18.8. The normalized spacial score (nSPS) is 12.8. The van der Waals surface area contributed by atoms with Crippen LogP contribution in [0.25, 0.3) is 15.9 Å². The van der Waals surface area contributed by atoms with E-state index in [1.165, 1.54) is 32.9 Å². The zero-order valence-corrected chi connectivity index (χ0v) is 23.7. The first-order valence-corrected chi connectivity index (χ1v) is 14.6. The molecule has 1 aliphatic rings. The highest BCUT2D eigenvalue weighted by Gasteiger charge is 2.24. The molecule has 0 spiro atoms. The van der Waals surface area contributed by atoms with Gasteiger partial charge in [-0.05, 0) is 74.9 Å². The molecule has 0 unspecified atom stereocenters. The van der Waals surface area contributed by atoms with Crippen molar-refractivity contribution in [1.82, 2.24) is 9.55 Å². The van der Waals surface area contributed by atoms with E-state index >= 15 is 0 Å². The number of rotatable bonds is 8. The average Bonchev–Trinajstić information content (AvgIpc) is 3.29. The van der Waals surface area contributed by atoms with Gasteiger partial charge >= 0.3 is 0 Å². The van der Waals surface area contributed by atoms with Gasteiger partial charge in [0.05, 0.1) is 34.4 Å². The number of benzene rings is 2. The molecule has 0 aliphatic heterocycles. The second-order valence-electron chi connectivity index (χ2n) is 9.02. The number of anilines is 1. The molecule has 1 aliphatic carbocycles. The molecule has 202 valence electrons. The number of thiophene rings is 1. The van der Waals surface area contributed by atoms with Crippen molar-refractivity contribution in [3.05, 3.63) is 77.9 Å². The minimum absolute atomic E-state index is 0.0615. The van der Waals surface area contributed by atoms with Crippen molar-refractivity contribution in [2.75, 3.05) is 17.7 Å². The molecular formula is C27H25ClN4O5S2. The van der Waals surface area contributed by atoms with Crippen LogP contribution in [0.4, 0.5) is 11.4 Å². The Morgan fingerprint density at radius 2 is 2.08 bits per heavy atom. The predicted molar refractivity (Wildman–Crippen MR) is 155 cm³/mol. The number of nitro groups is 1. The summed E-state index contributed by atoms with van der Waals surface area (Å²) < 4.78 is 6.87. The van der Waals surface area contributed by atoms with Crippen molar-refractivity contribution in [3.8, 4) is 11.4 Å². The van der Waals surface area contributed by atoms with Gasteiger partial charge in [-0.2, -0.15) is 0 Å². The minimum Gasteiger partial charge on any atom is -0.494 e. The van der Waals surface area contributed by atoms with Gasteiger partial charge in [0.1, 0.15) is 16.3 Å². The zero-order chi connectivity index (χ0) is 27.7. The van der Waals surface area contributed by atoms with Crippen LogP contribution in [0.3, 0.4) is 0 Å². The van der Waals surface area contributed by atoms with E-state index in [0.717, 1.165) is 48.6 Å². The molecule has 5 rings (SSSR count). The van der Waals surface area contributed by atoms with Crippen LogP contribution in [0.15, 0.2) is 46.3 Å². The van der Waals surface area contributed by atoms with E-state index in [2.05, 4.69) is 5.32 Å². The number of hydrogen-bond acceptors (Lipinski definition) is 8. The topological polar surface area (TPSA) is 116 Å². The maximum Gasteiger partial charge on any atom is 0.296 e. The van der Waals surface area contributed by atoms with Crippen molar-refractivity contribution in [2.24, 2.45) is 0 Å². The number of nitro benzene ring substituents is 1. The summed E-state index contributed by atoms with van der Waals surface area (Å²) in [6.07, 6.45) is 3.89. The molecule has 0 bridgehead atoms. The monoisotopic (exact) mass is 584 g/mol. The summed E-state index contributed by atoms with van der Waals surface area (Å²) >= 11 is 9.03. The maximum atomic E-state index is 14.0. The minimum atomic E-state index is -0.571. The number of fused-ring (bicyclic) bond motifs is 3. The van der Waals surface area contributed by atoms with Crippen LogP contribution in [0.5, 0.6) is 5.75 Å². The average molecular weight is 585 g/mol. The van der Waals surface area contributed by atoms with Crippen LogP contribution in [0.2, 0.25) is 5.02 Å². The molecule has 0 saturated carbocycles. The van der Waals surface area contributed by atoms with E-state index in [4.69, 9.17) is 21.3 Å². The molecule has 2 aromatic heterocycles. The number of ether oxygens (including phenoxy) is 1. The Labute approximate surface area is 237 Å². The van der Waals surface area contributed by atoms with Crippen molar-refractivity contribution < 1.29 is 14.5 Å². The number of amides is 1. The van der Waals surface area contributed by atoms with Crippen molar-refractivity contribution >= 4 is 62.2 Å². The van der Waals surface area contributed by atoms with Crippen LogP contribution in [-0.4, -0.2) is 32.7 Å². The lowest BCUT2D eigenvalue weighted by atomic mass is 9.97. The van der Waals surface area contributed by atoms with E-state index in [1.807, 2.05) is 13.0 Å². The molecule has 2 heterocycles. The van der Waals surface area contributed by atoms with Crippen molar-refractivity contribution in [2.45, 2.75) is 44.7 Å². The van der Waals surface area contributed by atoms with Crippen molar-refractivity contribution in [3.63, 3.8) is 0 Å². The number of hydrogen-bond donors (Lipinski definition) is 1. The molecule has 0 radical (unpaired) electrons. The number of aryl methyl sites for hydroxylation is 2. The number of nitrogens with zero attached hydrogens (tertiary/aromatic N) is 3. The van der Waals surface area contributed by atoms with Gasteiger partial charge in [0.25, 0.3) is 11.2 Å². The molecule has 4 aromatic rings. The van der Waals surface area contributed by atoms with Gasteiger partial charge in [-0.15, -0.1) is 11.3 Å². The Balaban J connectivity index is 1.50. The summed E-state index contributed by atoms with van der Waals surface area (Å²) in [5.74, 6) is -0.248. The lowest BCUT2D eigenvalue weighted by molar-refractivity contribution is -0.384. The van der Waals surface area contributed by atoms with Gasteiger partial charge in [0.15, 0.2) is 5.16 Å². The van der Waals surface area contributed by atoms with Crippen LogP contribution in [0, 0.1) is 17.0 Å². The number of aromatic nitrogens is 2. The molecule has 0 fully saturated rings. The Hall–Kier alpha value is -3.41. The Bertz CT molecular complexity index is 1670. The first-order valence-electron chi connectivity index (χ1n) is 12.4. The van der Waals surface area contributed by atoms with Crippen LogP contribution < -0.4 is 15.6 Å². The number of thioether (sulfide) groups is 1. The number of carbonyl (C=O) groups is 1. The summed E-state index contributed by atoms with van der Waals surface area (Å²) in [6, 6.07) is 9.62. The third-order valence-electron chi connectivity index (χ3n) is 6.52. The predicted octanol–water partition coefficient (Wildman–Crippen LogP) is 6.33. The molecule has 0 atom stereocenters. The maximum absolute atomic E-state index is 14.0. The summed E-state index contributed by atoms with van der Waals surface area (Å²) in [6.45, 7) is 3.97. The smallest absolute Gasteiger partial charge is 0.296 e. The Morgan fingerprint density at radius 1 is 1.28 bits per heavy atom. The molecule has 9 nitrogen and oxygen atoms in total. The van der Waals surface area contributed by atoms with E-state index in [-0.39, 0.29) is 22.7 Å². The lowest BCUT2D eigenvalue weighted by Gasteiger charge is -2.16. The summed E-state index contributed by atoms with van der Waals surface area (Å²) in [4.78, 5) is 44.6. The summed E-state index contributed by atoms with van der Waals surface area (Å²) in [5, 5.41) is 15.7. The molecule has 1 N–H and O–H groups in total. The number of carbonyl (C=O) groups excluding carboxylic acids is 1. The lowest BCUT2D eigenvalue weighted by Crippen LogP contribution is -2.24. The largest absolute Gasteiger partial charge is 0.494 e. The van der Waals surface area contributed by atoms with E-state index < -0.39 is 10.8 Å². The summed E-state index contributed by atoms with van der Waals surface area (Å²) in [7, 11) is 0. The van der Waals surface area contributed by atoms with Gasteiger partial charge in [0.2, 0.25) is 5.91 Å². The zero-order valence-electron chi connectivity index (χ0n) is 21.3. The van der Waals surface area contributed by atoms with Crippen molar-refractivity contribution in [1.29, 1.82) is 0 Å². The molecule has 12 heteroatoms.